The van der Waals surface area contributed by atoms with Gasteiger partial charge in [-0.25, -0.2) is 26.4 Å². The molecule has 1 aromatic carbocycles. The first-order chi connectivity index (χ1) is 24.3. The van der Waals surface area contributed by atoms with E-state index in [1.54, 1.807) is 47.6 Å². The highest BCUT2D eigenvalue weighted by Gasteiger charge is 2.71. The largest absolute Gasteiger partial charge is 0.339 e. The lowest BCUT2D eigenvalue weighted by atomic mass is 9.83. The Hall–Kier alpha value is -3.46. The standard InChI is InChI=1S/C38H57N5O8S2/c1-10-24-21-38(24,32(46)42-53(50,51)25-17-13-11-14-18-25)40-30(44)28-27-26(36(27,8)9)22-43(28)31(45)29(34(2,3)4)39-33(47)41-37(19-15-12-16-20-37)23-52(48,49)35(5,6)7/h10-11,13-14,17-18,24,26-29H,1,12,15-16,19-23H2,2-9H3,(H,40,44)(H,42,46)(H2,39,41,47)/t24?,26-,27-,28-,29+,38+/m0/s1. The van der Waals surface area contributed by atoms with Gasteiger partial charge in [0.2, 0.25) is 11.8 Å². The third-order valence-corrected chi connectivity index (χ3v) is 16.2. The maximum Gasteiger partial charge on any atom is 0.315 e. The van der Waals surface area contributed by atoms with Gasteiger partial charge in [-0.3, -0.25) is 14.4 Å². The molecular formula is C38H57N5O8S2. The number of carbonyl (C=O) groups is 4. The summed E-state index contributed by atoms with van der Waals surface area (Å²) in [5.41, 5.74) is -3.65. The summed E-state index contributed by atoms with van der Waals surface area (Å²) in [6.45, 7) is 18.4. The SMILES string of the molecule is C=CC1C[C@]1(NC(=O)[C@@H]1[C@@H]2[C@H](CN1C(=O)[C@@H](NC(=O)NC1(CS(=O)(=O)C(C)(C)C)CCCCC1)C(C)(C)C)C2(C)C)C(=O)NS(=O)(=O)c1ccccc1. The molecule has 53 heavy (non-hydrogen) atoms. The molecule has 3 aliphatic carbocycles. The molecule has 4 fully saturated rings. The number of urea groups is 1. The monoisotopic (exact) mass is 775 g/mol. The van der Waals surface area contributed by atoms with Gasteiger partial charge >= 0.3 is 6.03 Å². The third-order valence-electron chi connectivity index (χ3n) is 12.1. The van der Waals surface area contributed by atoms with Gasteiger partial charge in [-0.2, -0.15) is 0 Å². The van der Waals surface area contributed by atoms with Crippen LogP contribution < -0.4 is 20.7 Å². The van der Waals surface area contributed by atoms with Crippen LogP contribution in [0.4, 0.5) is 4.79 Å². The number of carbonyl (C=O) groups excluding carboxylic acids is 4. The van der Waals surface area contributed by atoms with Crippen LogP contribution in [0.25, 0.3) is 0 Å². The number of likely N-dealkylation sites (tertiary alicyclic amines) is 1. The van der Waals surface area contributed by atoms with E-state index in [2.05, 4.69) is 27.3 Å². The number of rotatable bonds is 11. The average molecular weight is 776 g/mol. The predicted molar refractivity (Wildman–Crippen MR) is 201 cm³/mol. The molecule has 0 spiro atoms. The summed E-state index contributed by atoms with van der Waals surface area (Å²) in [6.07, 6.45) is 5.06. The van der Waals surface area contributed by atoms with E-state index in [9.17, 15) is 36.0 Å². The Morgan fingerprint density at radius 3 is 2.08 bits per heavy atom. The number of hydrogen-bond donors (Lipinski definition) is 4. The Morgan fingerprint density at radius 2 is 1.55 bits per heavy atom. The van der Waals surface area contributed by atoms with E-state index >= 15 is 0 Å². The highest BCUT2D eigenvalue weighted by atomic mass is 32.2. The molecule has 3 saturated carbocycles. The fourth-order valence-electron chi connectivity index (χ4n) is 8.35. The van der Waals surface area contributed by atoms with Gasteiger partial charge in [-0.05, 0) is 74.8 Å². The minimum absolute atomic E-state index is 0.0117. The second kappa shape index (κ2) is 13.7. The Balaban J connectivity index is 1.37. The van der Waals surface area contributed by atoms with Crippen molar-refractivity contribution in [1.82, 2.24) is 25.6 Å². The Morgan fingerprint density at radius 1 is 0.943 bits per heavy atom. The molecule has 1 heterocycles. The lowest BCUT2D eigenvalue weighted by molar-refractivity contribution is -0.144. The molecule has 1 aromatic rings. The minimum atomic E-state index is -4.24. The van der Waals surface area contributed by atoms with Gasteiger partial charge in [-0.15, -0.1) is 6.58 Å². The second-order valence-electron chi connectivity index (χ2n) is 18.3. The molecule has 6 atom stereocenters. The topological polar surface area (TPSA) is 188 Å². The summed E-state index contributed by atoms with van der Waals surface area (Å²) >= 11 is 0. The Kier molecular flexibility index (Phi) is 10.5. The molecule has 4 N–H and O–H groups in total. The highest BCUT2D eigenvalue weighted by molar-refractivity contribution is 7.92. The summed E-state index contributed by atoms with van der Waals surface area (Å²) in [6, 6.07) is 4.71. The van der Waals surface area contributed by atoms with Crippen LogP contribution in [0.3, 0.4) is 0 Å². The molecule has 15 heteroatoms. The van der Waals surface area contributed by atoms with Crippen LogP contribution in [0.2, 0.25) is 0 Å². The number of piperidine rings is 1. The van der Waals surface area contributed by atoms with E-state index < -0.39 is 82.9 Å². The number of benzene rings is 1. The number of nitrogens with zero attached hydrogens (tertiary/aromatic N) is 1. The van der Waals surface area contributed by atoms with E-state index in [1.807, 2.05) is 13.8 Å². The fraction of sp³-hybridized carbons (Fsp3) is 0.684. The fourth-order valence-corrected chi connectivity index (χ4v) is 10.9. The molecule has 4 aliphatic rings. The summed E-state index contributed by atoms with van der Waals surface area (Å²) in [4.78, 5) is 57.7. The lowest BCUT2D eigenvalue weighted by Crippen LogP contribution is -2.64. The number of sulfonamides is 1. The van der Waals surface area contributed by atoms with Crippen LogP contribution in [0.15, 0.2) is 47.9 Å². The highest BCUT2D eigenvalue weighted by Crippen LogP contribution is 2.65. The van der Waals surface area contributed by atoms with Gasteiger partial charge in [0.25, 0.3) is 15.9 Å². The molecule has 5 amide bonds. The van der Waals surface area contributed by atoms with Crippen LogP contribution in [-0.2, 0) is 34.2 Å². The quantitative estimate of drug-likeness (QED) is 0.245. The molecule has 1 unspecified atom stereocenters. The van der Waals surface area contributed by atoms with Crippen LogP contribution in [-0.4, -0.2) is 85.7 Å². The zero-order valence-corrected chi connectivity index (χ0v) is 33.9. The molecule has 5 rings (SSSR count). The molecule has 294 valence electrons. The first kappa shape index (κ1) is 40.7. The van der Waals surface area contributed by atoms with Crippen molar-refractivity contribution in [3.63, 3.8) is 0 Å². The van der Waals surface area contributed by atoms with Gasteiger partial charge in [0, 0.05) is 12.5 Å². The van der Waals surface area contributed by atoms with Crippen molar-refractivity contribution in [1.29, 1.82) is 0 Å². The van der Waals surface area contributed by atoms with Gasteiger partial charge < -0.3 is 20.9 Å². The van der Waals surface area contributed by atoms with Crippen molar-refractivity contribution in [2.24, 2.45) is 28.6 Å². The van der Waals surface area contributed by atoms with Crippen molar-refractivity contribution in [2.45, 2.75) is 127 Å². The van der Waals surface area contributed by atoms with Gasteiger partial charge in [0.05, 0.1) is 20.9 Å². The number of sulfone groups is 1. The van der Waals surface area contributed by atoms with Crippen LogP contribution in [0.5, 0.6) is 0 Å². The predicted octanol–water partition coefficient (Wildman–Crippen LogP) is 3.67. The zero-order valence-electron chi connectivity index (χ0n) is 32.2. The van der Waals surface area contributed by atoms with E-state index in [1.165, 1.54) is 35.2 Å². The Bertz CT molecular complexity index is 1860. The van der Waals surface area contributed by atoms with Crippen molar-refractivity contribution in [2.75, 3.05) is 12.3 Å². The molecule has 1 saturated heterocycles. The molecule has 1 aliphatic heterocycles. The first-order valence-corrected chi connectivity index (χ1v) is 21.6. The summed E-state index contributed by atoms with van der Waals surface area (Å²) in [5.74, 6) is -2.95. The minimum Gasteiger partial charge on any atom is -0.339 e. The van der Waals surface area contributed by atoms with Crippen molar-refractivity contribution < 1.29 is 36.0 Å². The van der Waals surface area contributed by atoms with E-state index in [-0.39, 0.29) is 40.9 Å². The van der Waals surface area contributed by atoms with Crippen molar-refractivity contribution >= 4 is 43.6 Å². The van der Waals surface area contributed by atoms with Crippen LogP contribution >= 0.6 is 0 Å². The van der Waals surface area contributed by atoms with Crippen molar-refractivity contribution in [3.05, 3.63) is 43.0 Å². The number of hydrogen-bond acceptors (Lipinski definition) is 8. The smallest absolute Gasteiger partial charge is 0.315 e. The summed E-state index contributed by atoms with van der Waals surface area (Å²) < 4.78 is 53.9. The zero-order chi connectivity index (χ0) is 39.6. The maximum atomic E-state index is 14.6. The summed E-state index contributed by atoms with van der Waals surface area (Å²) in [7, 11) is -7.83. The average Bonchev–Trinajstić information content (AvgIpc) is 3.81. The van der Waals surface area contributed by atoms with Crippen LogP contribution in [0.1, 0.15) is 93.9 Å². The third kappa shape index (κ3) is 7.88. The maximum absolute atomic E-state index is 14.6. The number of fused-ring (bicyclic) bond motifs is 1. The molecule has 0 radical (unpaired) electrons. The Labute approximate surface area is 314 Å². The second-order valence-corrected chi connectivity index (χ2v) is 22.7. The van der Waals surface area contributed by atoms with Crippen LogP contribution in [0, 0.1) is 28.6 Å². The van der Waals surface area contributed by atoms with Gasteiger partial charge in [0.15, 0.2) is 9.84 Å². The number of amides is 5. The molecule has 13 nitrogen and oxygen atoms in total. The van der Waals surface area contributed by atoms with Gasteiger partial charge in [0.1, 0.15) is 17.6 Å². The lowest BCUT2D eigenvalue weighted by Gasteiger charge is -2.41. The van der Waals surface area contributed by atoms with Gasteiger partial charge in [-0.1, -0.05) is 78.2 Å². The first-order valence-electron chi connectivity index (χ1n) is 18.5. The molecular weight excluding hydrogens is 719 g/mol. The van der Waals surface area contributed by atoms with E-state index in [0.717, 1.165) is 19.3 Å². The summed E-state index contributed by atoms with van der Waals surface area (Å²) in [5, 5.41) is 8.69. The number of nitrogens with one attached hydrogen (secondary N) is 4. The molecule has 0 bridgehead atoms. The normalized spacial score (nSPS) is 28.1. The van der Waals surface area contributed by atoms with E-state index in [4.69, 9.17) is 0 Å². The van der Waals surface area contributed by atoms with Crippen molar-refractivity contribution in [3.8, 4) is 0 Å². The van der Waals surface area contributed by atoms with E-state index in [0.29, 0.717) is 12.8 Å². The molecule has 0 aromatic heterocycles.